The zero-order valence-electron chi connectivity index (χ0n) is 13.7. The van der Waals surface area contributed by atoms with Crippen LogP contribution < -0.4 is 19.5 Å². The highest BCUT2D eigenvalue weighted by Gasteiger charge is 2.15. The minimum Gasteiger partial charge on any atom is -0.493 e. The summed E-state index contributed by atoms with van der Waals surface area (Å²) in [6.45, 7) is 0. The van der Waals surface area contributed by atoms with Gasteiger partial charge in [0.1, 0.15) is 0 Å². The molecule has 6 heteroatoms. The minimum atomic E-state index is -0.215. The van der Waals surface area contributed by atoms with Crippen molar-refractivity contribution in [2.24, 2.45) is 0 Å². The van der Waals surface area contributed by atoms with Gasteiger partial charge < -0.3 is 24.5 Å². The van der Waals surface area contributed by atoms with Crippen molar-refractivity contribution in [3.63, 3.8) is 0 Å². The Kier molecular flexibility index (Phi) is 4.29. The van der Waals surface area contributed by atoms with E-state index in [0.717, 1.165) is 10.9 Å². The average molecular weight is 326 g/mol. The Morgan fingerprint density at radius 3 is 2.29 bits per heavy atom. The summed E-state index contributed by atoms with van der Waals surface area (Å²) < 4.78 is 15.9. The number of anilines is 1. The largest absolute Gasteiger partial charge is 0.493 e. The standard InChI is InChI=1S/C18H18N2O4/c1-22-15-9-13(10-16(23-2)17(15)24-3)20-18(21)12-4-5-14-11(8-12)6-7-19-14/h4-10,19H,1-3H3,(H,20,21). The van der Waals surface area contributed by atoms with Crippen molar-refractivity contribution in [2.75, 3.05) is 26.6 Å². The number of hydrogen-bond acceptors (Lipinski definition) is 4. The van der Waals surface area contributed by atoms with Gasteiger partial charge in [0.15, 0.2) is 11.5 Å². The zero-order chi connectivity index (χ0) is 17.1. The summed E-state index contributed by atoms with van der Waals surface area (Å²) in [5.41, 5.74) is 2.11. The fourth-order valence-electron chi connectivity index (χ4n) is 2.55. The number of methoxy groups -OCH3 is 3. The summed E-state index contributed by atoms with van der Waals surface area (Å²) in [6, 6.07) is 10.8. The number of benzene rings is 2. The van der Waals surface area contributed by atoms with Crippen LogP contribution in [0.25, 0.3) is 10.9 Å². The molecule has 0 saturated carbocycles. The Bertz CT molecular complexity index is 861. The highest BCUT2D eigenvalue weighted by atomic mass is 16.5. The number of aromatic amines is 1. The summed E-state index contributed by atoms with van der Waals surface area (Å²) in [4.78, 5) is 15.6. The molecule has 3 rings (SSSR count). The van der Waals surface area contributed by atoms with Crippen molar-refractivity contribution < 1.29 is 19.0 Å². The molecule has 0 radical (unpaired) electrons. The molecule has 0 unspecified atom stereocenters. The summed E-state index contributed by atoms with van der Waals surface area (Å²) in [5.74, 6) is 1.22. The van der Waals surface area contributed by atoms with E-state index in [1.165, 1.54) is 21.3 Å². The molecule has 2 aromatic carbocycles. The van der Waals surface area contributed by atoms with Gasteiger partial charge in [-0.15, -0.1) is 0 Å². The number of hydrogen-bond donors (Lipinski definition) is 2. The van der Waals surface area contributed by atoms with Crippen LogP contribution in [0.2, 0.25) is 0 Å². The van der Waals surface area contributed by atoms with Gasteiger partial charge in [0.25, 0.3) is 5.91 Å². The number of fused-ring (bicyclic) bond motifs is 1. The first-order valence-corrected chi connectivity index (χ1v) is 7.34. The summed E-state index contributed by atoms with van der Waals surface area (Å²) in [5, 5.41) is 3.83. The maximum Gasteiger partial charge on any atom is 0.255 e. The van der Waals surface area contributed by atoms with E-state index >= 15 is 0 Å². The van der Waals surface area contributed by atoms with Crippen LogP contribution in [0.5, 0.6) is 17.2 Å². The molecule has 0 aliphatic rings. The van der Waals surface area contributed by atoms with Crippen molar-refractivity contribution in [1.82, 2.24) is 4.98 Å². The van der Waals surface area contributed by atoms with Crippen LogP contribution in [0.3, 0.4) is 0 Å². The van der Waals surface area contributed by atoms with E-state index < -0.39 is 0 Å². The number of carbonyl (C=O) groups is 1. The molecule has 1 amide bonds. The number of carbonyl (C=O) groups excluding carboxylic acids is 1. The van der Waals surface area contributed by atoms with E-state index in [4.69, 9.17) is 14.2 Å². The number of rotatable bonds is 5. The predicted octanol–water partition coefficient (Wildman–Crippen LogP) is 3.45. The van der Waals surface area contributed by atoms with Crippen molar-refractivity contribution in [3.05, 3.63) is 48.2 Å². The fourth-order valence-corrected chi connectivity index (χ4v) is 2.55. The number of aromatic nitrogens is 1. The number of ether oxygens (including phenoxy) is 3. The van der Waals surface area contributed by atoms with Crippen LogP contribution in [0, 0.1) is 0 Å². The lowest BCUT2D eigenvalue weighted by atomic mass is 10.1. The van der Waals surface area contributed by atoms with Crippen LogP contribution in [-0.4, -0.2) is 32.2 Å². The van der Waals surface area contributed by atoms with E-state index in [-0.39, 0.29) is 5.91 Å². The van der Waals surface area contributed by atoms with Crippen LogP contribution in [0.4, 0.5) is 5.69 Å². The van der Waals surface area contributed by atoms with Crippen molar-refractivity contribution in [2.45, 2.75) is 0 Å². The second-order valence-corrected chi connectivity index (χ2v) is 5.15. The molecule has 0 saturated heterocycles. The fraction of sp³-hybridized carbons (Fsp3) is 0.167. The first-order chi connectivity index (χ1) is 11.7. The quantitative estimate of drug-likeness (QED) is 0.753. The van der Waals surface area contributed by atoms with Gasteiger partial charge >= 0.3 is 0 Å². The number of H-pyrrole nitrogens is 1. The topological polar surface area (TPSA) is 72.6 Å². The van der Waals surface area contributed by atoms with Gasteiger partial charge in [-0.2, -0.15) is 0 Å². The average Bonchev–Trinajstić information content (AvgIpc) is 3.08. The summed E-state index contributed by atoms with van der Waals surface area (Å²) in [7, 11) is 4.59. The Morgan fingerprint density at radius 1 is 0.958 bits per heavy atom. The van der Waals surface area contributed by atoms with Gasteiger partial charge in [0.05, 0.1) is 21.3 Å². The lowest BCUT2D eigenvalue weighted by Crippen LogP contribution is -2.12. The van der Waals surface area contributed by atoms with Crippen LogP contribution in [-0.2, 0) is 0 Å². The lowest BCUT2D eigenvalue weighted by Gasteiger charge is -2.14. The first kappa shape index (κ1) is 15.7. The van der Waals surface area contributed by atoms with Gasteiger partial charge in [-0.05, 0) is 24.3 Å². The van der Waals surface area contributed by atoms with Crippen LogP contribution in [0.15, 0.2) is 42.6 Å². The molecule has 2 N–H and O–H groups in total. The molecule has 6 nitrogen and oxygen atoms in total. The third-order valence-electron chi connectivity index (χ3n) is 3.74. The third-order valence-corrected chi connectivity index (χ3v) is 3.74. The van der Waals surface area contributed by atoms with Crippen LogP contribution >= 0.6 is 0 Å². The van der Waals surface area contributed by atoms with Gasteiger partial charge in [-0.1, -0.05) is 0 Å². The van der Waals surface area contributed by atoms with Gasteiger partial charge in [0, 0.05) is 40.5 Å². The van der Waals surface area contributed by atoms with E-state index in [1.54, 1.807) is 18.2 Å². The van der Waals surface area contributed by atoms with E-state index in [9.17, 15) is 4.79 Å². The van der Waals surface area contributed by atoms with E-state index in [2.05, 4.69) is 10.3 Å². The lowest BCUT2D eigenvalue weighted by molar-refractivity contribution is 0.102. The SMILES string of the molecule is COc1cc(NC(=O)c2ccc3[nH]ccc3c2)cc(OC)c1OC. The molecule has 0 aliphatic heterocycles. The van der Waals surface area contributed by atoms with E-state index in [0.29, 0.717) is 28.5 Å². The van der Waals surface area contributed by atoms with Crippen molar-refractivity contribution in [3.8, 4) is 17.2 Å². The predicted molar refractivity (Wildman–Crippen MR) is 92.3 cm³/mol. The van der Waals surface area contributed by atoms with Gasteiger partial charge in [0.2, 0.25) is 5.75 Å². The van der Waals surface area contributed by atoms with Crippen molar-refractivity contribution >= 4 is 22.5 Å². The minimum absolute atomic E-state index is 0.215. The normalized spacial score (nSPS) is 10.5. The second-order valence-electron chi connectivity index (χ2n) is 5.15. The Morgan fingerprint density at radius 2 is 1.67 bits per heavy atom. The third kappa shape index (κ3) is 2.86. The maximum absolute atomic E-state index is 12.5. The molecule has 0 fully saturated rings. The molecule has 0 spiro atoms. The highest BCUT2D eigenvalue weighted by molar-refractivity contribution is 6.06. The molecule has 124 valence electrons. The molecule has 0 aliphatic carbocycles. The molecular formula is C18H18N2O4. The van der Waals surface area contributed by atoms with Crippen molar-refractivity contribution in [1.29, 1.82) is 0 Å². The van der Waals surface area contributed by atoms with Gasteiger partial charge in [-0.25, -0.2) is 0 Å². The van der Waals surface area contributed by atoms with Gasteiger partial charge in [-0.3, -0.25) is 4.79 Å². The molecule has 1 heterocycles. The molecule has 0 atom stereocenters. The zero-order valence-corrected chi connectivity index (χ0v) is 13.7. The van der Waals surface area contributed by atoms with E-state index in [1.807, 2.05) is 24.4 Å². The highest BCUT2D eigenvalue weighted by Crippen LogP contribution is 2.40. The Balaban J connectivity index is 1.90. The molecule has 24 heavy (non-hydrogen) atoms. The Hall–Kier alpha value is -3.15. The molecule has 1 aromatic heterocycles. The number of amides is 1. The first-order valence-electron chi connectivity index (χ1n) is 7.34. The molecule has 3 aromatic rings. The second kappa shape index (κ2) is 6.54. The molecule has 0 bridgehead atoms. The molecular weight excluding hydrogens is 308 g/mol. The summed E-state index contributed by atoms with van der Waals surface area (Å²) >= 11 is 0. The smallest absolute Gasteiger partial charge is 0.255 e. The Labute approximate surface area is 139 Å². The maximum atomic E-state index is 12.5. The monoisotopic (exact) mass is 326 g/mol. The van der Waals surface area contributed by atoms with Crippen LogP contribution in [0.1, 0.15) is 10.4 Å². The number of nitrogens with one attached hydrogen (secondary N) is 2. The summed E-state index contributed by atoms with van der Waals surface area (Å²) in [6.07, 6.45) is 1.84.